The Morgan fingerprint density at radius 1 is 1.40 bits per heavy atom. The molecule has 15 heavy (non-hydrogen) atoms. The van der Waals surface area contributed by atoms with E-state index >= 15 is 0 Å². The molecule has 1 saturated heterocycles. The number of rotatable bonds is 3. The van der Waals surface area contributed by atoms with Crippen molar-refractivity contribution in [2.24, 2.45) is 5.92 Å². The second-order valence-electron chi connectivity index (χ2n) is 4.38. The van der Waals surface area contributed by atoms with Gasteiger partial charge in [0.15, 0.2) is 0 Å². The van der Waals surface area contributed by atoms with Gasteiger partial charge < -0.3 is 5.32 Å². The van der Waals surface area contributed by atoms with Crippen molar-refractivity contribution >= 4 is 15.9 Å². The van der Waals surface area contributed by atoms with Crippen molar-refractivity contribution in [3.05, 3.63) is 34.3 Å². The van der Waals surface area contributed by atoms with Crippen LogP contribution in [0.2, 0.25) is 0 Å². The lowest BCUT2D eigenvalue weighted by Crippen LogP contribution is -2.29. The van der Waals surface area contributed by atoms with Gasteiger partial charge in [-0.05, 0) is 62.4 Å². The molecular formula is C13H18BrN. The summed E-state index contributed by atoms with van der Waals surface area (Å²) in [6, 6.07) is 8.67. The van der Waals surface area contributed by atoms with Gasteiger partial charge >= 0.3 is 0 Å². The summed E-state index contributed by atoms with van der Waals surface area (Å²) in [5.74, 6) is 0.887. The molecule has 1 aliphatic heterocycles. The van der Waals surface area contributed by atoms with Crippen molar-refractivity contribution in [2.75, 3.05) is 13.1 Å². The Morgan fingerprint density at radius 3 is 3.07 bits per heavy atom. The number of hydrogen-bond acceptors (Lipinski definition) is 1. The highest BCUT2D eigenvalue weighted by atomic mass is 79.9. The van der Waals surface area contributed by atoms with Crippen LogP contribution in [0.4, 0.5) is 0 Å². The van der Waals surface area contributed by atoms with E-state index in [-0.39, 0.29) is 0 Å². The van der Waals surface area contributed by atoms with Crippen LogP contribution in [0, 0.1) is 5.92 Å². The molecule has 1 aliphatic rings. The van der Waals surface area contributed by atoms with E-state index in [2.05, 4.69) is 45.5 Å². The summed E-state index contributed by atoms with van der Waals surface area (Å²) in [4.78, 5) is 0. The third-order valence-corrected chi connectivity index (χ3v) is 3.62. The maximum atomic E-state index is 3.52. The summed E-state index contributed by atoms with van der Waals surface area (Å²) in [5, 5.41) is 3.47. The van der Waals surface area contributed by atoms with E-state index in [4.69, 9.17) is 0 Å². The number of benzene rings is 1. The molecular weight excluding hydrogens is 250 g/mol. The SMILES string of the molecule is Brc1cccc(CCC2CCCNC2)c1. The van der Waals surface area contributed by atoms with Crippen molar-refractivity contribution in [3.63, 3.8) is 0 Å². The number of halogens is 1. The highest BCUT2D eigenvalue weighted by Crippen LogP contribution is 2.19. The second-order valence-corrected chi connectivity index (χ2v) is 5.30. The molecule has 1 heterocycles. The van der Waals surface area contributed by atoms with Gasteiger partial charge in [-0.2, -0.15) is 0 Å². The zero-order chi connectivity index (χ0) is 10.5. The van der Waals surface area contributed by atoms with Crippen LogP contribution in [0.5, 0.6) is 0 Å². The molecule has 0 aromatic heterocycles. The van der Waals surface area contributed by atoms with E-state index in [1.54, 1.807) is 0 Å². The molecule has 1 fully saturated rings. The Hall–Kier alpha value is -0.340. The van der Waals surface area contributed by atoms with Gasteiger partial charge in [-0.15, -0.1) is 0 Å². The van der Waals surface area contributed by atoms with Gasteiger partial charge in [-0.1, -0.05) is 28.1 Å². The van der Waals surface area contributed by atoms with E-state index in [0.29, 0.717) is 0 Å². The van der Waals surface area contributed by atoms with Gasteiger partial charge in [0.05, 0.1) is 0 Å². The standard InChI is InChI=1S/C13H18BrN/c14-13-5-1-3-11(9-13)6-7-12-4-2-8-15-10-12/h1,3,5,9,12,15H,2,4,6-8,10H2. The monoisotopic (exact) mass is 267 g/mol. The summed E-state index contributed by atoms with van der Waals surface area (Å²) in [5.41, 5.74) is 1.45. The molecule has 0 amide bonds. The summed E-state index contributed by atoms with van der Waals surface area (Å²) >= 11 is 3.52. The molecule has 0 aliphatic carbocycles. The summed E-state index contributed by atoms with van der Waals surface area (Å²) < 4.78 is 1.20. The van der Waals surface area contributed by atoms with Crippen LogP contribution in [0.25, 0.3) is 0 Å². The van der Waals surface area contributed by atoms with E-state index in [9.17, 15) is 0 Å². The predicted molar refractivity (Wildman–Crippen MR) is 68.1 cm³/mol. The Balaban J connectivity index is 1.81. The third kappa shape index (κ3) is 3.62. The van der Waals surface area contributed by atoms with Crippen molar-refractivity contribution in [2.45, 2.75) is 25.7 Å². The molecule has 2 heteroatoms. The van der Waals surface area contributed by atoms with Gasteiger partial charge in [0.2, 0.25) is 0 Å². The van der Waals surface area contributed by atoms with Crippen molar-refractivity contribution in [1.29, 1.82) is 0 Å². The topological polar surface area (TPSA) is 12.0 Å². The smallest absolute Gasteiger partial charge is 0.0177 e. The molecule has 2 rings (SSSR count). The third-order valence-electron chi connectivity index (χ3n) is 3.13. The minimum Gasteiger partial charge on any atom is -0.316 e. The van der Waals surface area contributed by atoms with Crippen LogP contribution in [0.15, 0.2) is 28.7 Å². The lowest BCUT2D eigenvalue weighted by Gasteiger charge is -2.22. The zero-order valence-electron chi connectivity index (χ0n) is 9.01. The van der Waals surface area contributed by atoms with Gasteiger partial charge in [0.1, 0.15) is 0 Å². The fraction of sp³-hybridized carbons (Fsp3) is 0.538. The summed E-state index contributed by atoms with van der Waals surface area (Å²) in [7, 11) is 0. The van der Waals surface area contributed by atoms with E-state index < -0.39 is 0 Å². The molecule has 0 bridgehead atoms. The molecule has 0 saturated carbocycles. The van der Waals surface area contributed by atoms with Crippen molar-refractivity contribution < 1.29 is 0 Å². The number of hydrogen-bond donors (Lipinski definition) is 1. The van der Waals surface area contributed by atoms with Crippen LogP contribution < -0.4 is 5.32 Å². The van der Waals surface area contributed by atoms with Crippen LogP contribution in [-0.2, 0) is 6.42 Å². The Labute approximate surface area is 100 Å². The van der Waals surface area contributed by atoms with Gasteiger partial charge in [-0.25, -0.2) is 0 Å². The molecule has 1 atom stereocenters. The number of piperidine rings is 1. The first-order chi connectivity index (χ1) is 7.34. The van der Waals surface area contributed by atoms with E-state index in [1.807, 2.05) is 0 Å². The molecule has 1 aromatic rings. The van der Waals surface area contributed by atoms with Crippen molar-refractivity contribution in [3.8, 4) is 0 Å². The lowest BCUT2D eigenvalue weighted by atomic mass is 9.93. The molecule has 1 aromatic carbocycles. The average molecular weight is 268 g/mol. The van der Waals surface area contributed by atoms with Crippen molar-refractivity contribution in [1.82, 2.24) is 5.32 Å². The molecule has 0 radical (unpaired) electrons. The van der Waals surface area contributed by atoms with Crippen LogP contribution in [0.1, 0.15) is 24.8 Å². The Kier molecular flexibility index (Phi) is 4.21. The molecule has 1 nitrogen and oxygen atoms in total. The normalized spacial score (nSPS) is 21.5. The van der Waals surface area contributed by atoms with Gasteiger partial charge in [0, 0.05) is 4.47 Å². The molecule has 1 unspecified atom stereocenters. The quantitative estimate of drug-likeness (QED) is 0.886. The zero-order valence-corrected chi connectivity index (χ0v) is 10.6. The first-order valence-electron chi connectivity index (χ1n) is 5.80. The average Bonchev–Trinajstić information content (AvgIpc) is 2.28. The second kappa shape index (κ2) is 5.66. The lowest BCUT2D eigenvalue weighted by molar-refractivity contribution is 0.358. The highest BCUT2D eigenvalue weighted by Gasteiger charge is 2.12. The predicted octanol–water partition coefficient (Wildman–Crippen LogP) is 3.38. The minimum atomic E-state index is 0.887. The Morgan fingerprint density at radius 2 is 2.33 bits per heavy atom. The van der Waals surface area contributed by atoms with E-state index in [0.717, 1.165) is 5.92 Å². The fourth-order valence-electron chi connectivity index (χ4n) is 2.23. The fourth-order valence-corrected chi connectivity index (χ4v) is 2.68. The van der Waals surface area contributed by atoms with E-state index in [1.165, 1.54) is 48.8 Å². The first-order valence-corrected chi connectivity index (χ1v) is 6.59. The first kappa shape index (κ1) is 11.2. The summed E-state index contributed by atoms with van der Waals surface area (Å²) in [6.07, 6.45) is 5.29. The number of nitrogens with one attached hydrogen (secondary N) is 1. The van der Waals surface area contributed by atoms with Gasteiger partial charge in [-0.3, -0.25) is 0 Å². The minimum absolute atomic E-state index is 0.887. The van der Waals surface area contributed by atoms with Crippen LogP contribution in [0.3, 0.4) is 0 Å². The van der Waals surface area contributed by atoms with Crippen LogP contribution >= 0.6 is 15.9 Å². The highest BCUT2D eigenvalue weighted by molar-refractivity contribution is 9.10. The number of aryl methyl sites for hydroxylation is 1. The largest absolute Gasteiger partial charge is 0.316 e. The molecule has 82 valence electrons. The van der Waals surface area contributed by atoms with Crippen LogP contribution in [-0.4, -0.2) is 13.1 Å². The maximum Gasteiger partial charge on any atom is 0.0177 e. The Bertz CT molecular complexity index is 305. The molecule has 0 spiro atoms. The summed E-state index contributed by atoms with van der Waals surface area (Å²) in [6.45, 7) is 2.43. The maximum absolute atomic E-state index is 3.52. The van der Waals surface area contributed by atoms with Gasteiger partial charge in [0.25, 0.3) is 0 Å². The molecule has 1 N–H and O–H groups in total.